The molecule has 2 aromatic rings. The van der Waals surface area contributed by atoms with E-state index in [2.05, 4.69) is 15.2 Å². The van der Waals surface area contributed by atoms with Crippen molar-refractivity contribution in [2.45, 2.75) is 16.5 Å². The van der Waals surface area contributed by atoms with E-state index in [0.29, 0.717) is 11.6 Å². The van der Waals surface area contributed by atoms with E-state index in [1.54, 1.807) is 0 Å². The Morgan fingerprint density at radius 3 is 3.00 bits per heavy atom. The maximum absolute atomic E-state index is 5.97. The highest BCUT2D eigenvalue weighted by atomic mass is 35.5. The Labute approximate surface area is 103 Å². The number of halogens is 1. The lowest BCUT2D eigenvalue weighted by Gasteiger charge is -2.06. The van der Waals surface area contributed by atoms with Gasteiger partial charge in [0, 0.05) is 9.92 Å². The van der Waals surface area contributed by atoms with Crippen LogP contribution in [0.25, 0.3) is 0 Å². The Hall–Kier alpha value is -1.04. The number of aromatic nitrogens is 3. The molecule has 0 spiro atoms. The quantitative estimate of drug-likeness (QED) is 0.877. The van der Waals surface area contributed by atoms with Crippen LogP contribution in [0.5, 0.6) is 0 Å². The summed E-state index contributed by atoms with van der Waals surface area (Å²) in [5, 5.41) is 8.07. The molecule has 0 saturated carbocycles. The number of hydrogen-bond acceptors (Lipinski definition) is 4. The van der Waals surface area contributed by atoms with Gasteiger partial charge in [0.1, 0.15) is 6.33 Å². The van der Waals surface area contributed by atoms with Gasteiger partial charge in [-0.05, 0) is 30.7 Å². The van der Waals surface area contributed by atoms with Crippen LogP contribution in [0, 0.1) is 0 Å². The van der Waals surface area contributed by atoms with E-state index in [9.17, 15) is 0 Å². The zero-order valence-corrected chi connectivity index (χ0v) is 10.1. The smallest absolute Gasteiger partial charge is 0.188 e. The number of nitrogens with one attached hydrogen (secondary N) is 1. The number of benzene rings is 1. The maximum atomic E-state index is 5.97. The van der Waals surface area contributed by atoms with E-state index in [1.165, 1.54) is 23.7 Å². The molecular formula is C10H11ClN4S. The molecule has 1 aromatic carbocycles. The first kappa shape index (κ1) is 11.4. The fraction of sp³-hybridized carbons (Fsp3) is 0.200. The minimum Gasteiger partial charge on any atom is -0.330 e. The van der Waals surface area contributed by atoms with Crippen molar-refractivity contribution in [1.29, 1.82) is 0 Å². The lowest BCUT2D eigenvalue weighted by molar-refractivity contribution is 0.937. The summed E-state index contributed by atoms with van der Waals surface area (Å²) in [4.78, 5) is 5.13. The third-order valence-electron chi connectivity index (χ3n) is 2.04. The Morgan fingerprint density at radius 1 is 1.44 bits per heavy atom. The number of H-pyrrole nitrogens is 1. The molecule has 0 aliphatic carbocycles. The van der Waals surface area contributed by atoms with Gasteiger partial charge in [0.25, 0.3) is 0 Å². The summed E-state index contributed by atoms with van der Waals surface area (Å²) in [6, 6.07) is 5.78. The molecule has 0 aliphatic rings. The predicted molar refractivity (Wildman–Crippen MR) is 64.7 cm³/mol. The number of rotatable bonds is 4. The monoisotopic (exact) mass is 254 g/mol. The molecule has 0 saturated heterocycles. The van der Waals surface area contributed by atoms with Crippen LogP contribution in [-0.4, -0.2) is 21.7 Å². The maximum Gasteiger partial charge on any atom is 0.188 e. The van der Waals surface area contributed by atoms with Crippen molar-refractivity contribution in [3.8, 4) is 0 Å². The summed E-state index contributed by atoms with van der Waals surface area (Å²) in [6.45, 7) is 0.617. The van der Waals surface area contributed by atoms with Crippen LogP contribution in [0.15, 0.2) is 34.6 Å². The fourth-order valence-electron chi connectivity index (χ4n) is 1.33. The van der Waals surface area contributed by atoms with E-state index in [0.717, 1.165) is 16.5 Å². The lowest BCUT2D eigenvalue weighted by Crippen LogP contribution is -2.03. The molecule has 1 heterocycles. The molecule has 4 nitrogen and oxygen atoms in total. The average Bonchev–Trinajstić information content (AvgIpc) is 2.75. The van der Waals surface area contributed by atoms with Gasteiger partial charge >= 0.3 is 0 Å². The number of aromatic amines is 1. The van der Waals surface area contributed by atoms with Gasteiger partial charge in [0.15, 0.2) is 5.16 Å². The predicted octanol–water partition coefficient (Wildman–Crippen LogP) is 2.11. The van der Waals surface area contributed by atoms with Crippen LogP contribution >= 0.6 is 23.4 Å². The molecule has 0 bridgehead atoms. The Balaban J connectivity index is 2.26. The number of nitrogens with two attached hydrogens (primary N) is 1. The second-order valence-corrected chi connectivity index (χ2v) is 4.65. The van der Waals surface area contributed by atoms with Crippen molar-refractivity contribution >= 4 is 23.4 Å². The van der Waals surface area contributed by atoms with Crippen molar-refractivity contribution in [2.75, 3.05) is 6.54 Å². The minimum absolute atomic E-state index is 0.617. The molecule has 0 fully saturated rings. The third kappa shape index (κ3) is 2.75. The van der Waals surface area contributed by atoms with Crippen molar-refractivity contribution in [2.24, 2.45) is 5.73 Å². The van der Waals surface area contributed by atoms with Crippen LogP contribution in [0.2, 0.25) is 5.02 Å². The third-order valence-corrected chi connectivity index (χ3v) is 3.27. The summed E-state index contributed by atoms with van der Waals surface area (Å²) in [6.07, 6.45) is 2.31. The molecule has 0 aliphatic heterocycles. The highest BCUT2D eigenvalue weighted by Gasteiger charge is 2.06. The van der Waals surface area contributed by atoms with Gasteiger partial charge in [-0.15, -0.1) is 0 Å². The first-order chi connectivity index (χ1) is 7.79. The van der Waals surface area contributed by atoms with Crippen molar-refractivity contribution in [3.63, 3.8) is 0 Å². The molecule has 3 N–H and O–H groups in total. The van der Waals surface area contributed by atoms with E-state index >= 15 is 0 Å². The Bertz CT molecular complexity index is 458. The van der Waals surface area contributed by atoms with Gasteiger partial charge in [0.2, 0.25) is 0 Å². The normalized spacial score (nSPS) is 10.6. The van der Waals surface area contributed by atoms with Crippen molar-refractivity contribution in [1.82, 2.24) is 15.2 Å². The summed E-state index contributed by atoms with van der Waals surface area (Å²) in [5.74, 6) is 0. The largest absolute Gasteiger partial charge is 0.330 e. The van der Waals surface area contributed by atoms with Crippen LogP contribution in [0.4, 0.5) is 0 Å². The van der Waals surface area contributed by atoms with Gasteiger partial charge in [-0.25, -0.2) is 4.98 Å². The summed E-state index contributed by atoms with van der Waals surface area (Å²) < 4.78 is 0. The fourth-order valence-corrected chi connectivity index (χ4v) is 2.46. The summed E-state index contributed by atoms with van der Waals surface area (Å²) in [7, 11) is 0. The summed E-state index contributed by atoms with van der Waals surface area (Å²) >= 11 is 7.47. The van der Waals surface area contributed by atoms with Gasteiger partial charge in [-0.2, -0.15) is 5.10 Å². The van der Waals surface area contributed by atoms with Crippen molar-refractivity contribution in [3.05, 3.63) is 35.1 Å². The minimum atomic E-state index is 0.617. The van der Waals surface area contributed by atoms with Gasteiger partial charge in [-0.3, -0.25) is 5.10 Å². The standard InChI is InChI=1S/C10H11ClN4S/c11-8-2-1-7(3-4-12)9(5-8)16-10-13-6-14-15-10/h1-2,5-6H,3-4,12H2,(H,13,14,15). The molecule has 0 amide bonds. The van der Waals surface area contributed by atoms with Crippen molar-refractivity contribution < 1.29 is 0 Å². The average molecular weight is 255 g/mol. The molecule has 0 radical (unpaired) electrons. The molecule has 84 valence electrons. The van der Waals surface area contributed by atoms with E-state index in [-0.39, 0.29) is 0 Å². The number of nitrogens with zero attached hydrogens (tertiary/aromatic N) is 2. The molecule has 6 heteroatoms. The van der Waals surface area contributed by atoms with E-state index < -0.39 is 0 Å². The zero-order chi connectivity index (χ0) is 11.4. The van der Waals surface area contributed by atoms with Crippen LogP contribution in [-0.2, 0) is 6.42 Å². The molecule has 0 unspecified atom stereocenters. The molecule has 0 atom stereocenters. The van der Waals surface area contributed by atoms with Gasteiger partial charge in [-0.1, -0.05) is 29.4 Å². The second-order valence-electron chi connectivity index (χ2n) is 3.18. The second kappa shape index (κ2) is 5.34. The Kier molecular flexibility index (Phi) is 3.82. The molecule has 16 heavy (non-hydrogen) atoms. The van der Waals surface area contributed by atoms with E-state index in [1.807, 2.05) is 18.2 Å². The zero-order valence-electron chi connectivity index (χ0n) is 8.48. The van der Waals surface area contributed by atoms with E-state index in [4.69, 9.17) is 17.3 Å². The highest BCUT2D eigenvalue weighted by Crippen LogP contribution is 2.30. The first-order valence-electron chi connectivity index (χ1n) is 4.81. The lowest BCUT2D eigenvalue weighted by atomic mass is 10.1. The summed E-state index contributed by atoms with van der Waals surface area (Å²) in [5.41, 5.74) is 6.74. The van der Waals surface area contributed by atoms with Gasteiger partial charge < -0.3 is 5.73 Å². The molecule has 1 aromatic heterocycles. The van der Waals surface area contributed by atoms with Crippen LogP contribution in [0.3, 0.4) is 0 Å². The van der Waals surface area contributed by atoms with Crippen LogP contribution < -0.4 is 5.73 Å². The molecule has 2 rings (SSSR count). The van der Waals surface area contributed by atoms with Crippen LogP contribution in [0.1, 0.15) is 5.56 Å². The Morgan fingerprint density at radius 2 is 2.31 bits per heavy atom. The number of hydrogen-bond donors (Lipinski definition) is 2. The van der Waals surface area contributed by atoms with Gasteiger partial charge in [0.05, 0.1) is 0 Å². The SMILES string of the molecule is NCCc1ccc(Cl)cc1Sc1ncn[nH]1. The highest BCUT2D eigenvalue weighted by molar-refractivity contribution is 7.99. The topological polar surface area (TPSA) is 67.6 Å². The first-order valence-corrected chi connectivity index (χ1v) is 6.01. The molecular weight excluding hydrogens is 244 g/mol.